The van der Waals surface area contributed by atoms with Gasteiger partial charge in [0.25, 0.3) is 5.69 Å². The van der Waals surface area contributed by atoms with Crippen molar-refractivity contribution in [1.82, 2.24) is 0 Å². The van der Waals surface area contributed by atoms with Crippen LogP contribution in [0.4, 0.5) is 11.4 Å². The molecule has 12 heteroatoms. The number of non-ortho nitro benzene ring substituents is 1. The summed E-state index contributed by atoms with van der Waals surface area (Å²) in [7, 11) is 0. The van der Waals surface area contributed by atoms with Gasteiger partial charge >= 0.3 is 0 Å². The Labute approximate surface area is 268 Å². The lowest BCUT2D eigenvalue weighted by molar-refractivity contribution is -0.384. The van der Waals surface area contributed by atoms with Crippen LogP contribution in [0.5, 0.6) is 23.0 Å². The third-order valence-electron chi connectivity index (χ3n) is 6.82. The highest BCUT2D eigenvalue weighted by Crippen LogP contribution is 2.49. The van der Waals surface area contributed by atoms with Gasteiger partial charge in [-0.25, -0.2) is 0 Å². The lowest BCUT2D eigenvalue weighted by atomic mass is 10.2. The summed E-state index contributed by atoms with van der Waals surface area (Å²) in [5, 5.41) is 14.7. The smallest absolute Gasteiger partial charge is 0.269 e. The summed E-state index contributed by atoms with van der Waals surface area (Å²) < 4.78 is 22.7. The molecule has 0 bridgehead atoms. The van der Waals surface area contributed by atoms with Crippen molar-refractivity contribution in [3.63, 3.8) is 0 Å². The van der Waals surface area contributed by atoms with Crippen LogP contribution < -0.4 is 24.7 Å². The number of hydrogen-bond acceptors (Lipinski definition) is 11. The number of hydrogen-bond donors (Lipinski definition) is 1. The first-order valence-corrected chi connectivity index (χ1v) is 17.0. The molecule has 0 unspecified atom stereocenters. The molecular weight excluding hydrogens is 637 g/mol. The molecule has 8 rings (SSSR count). The van der Waals surface area contributed by atoms with E-state index in [0.29, 0.717) is 26.4 Å². The van der Waals surface area contributed by atoms with Crippen LogP contribution in [0.1, 0.15) is 0 Å². The number of nitro groups is 1. The van der Waals surface area contributed by atoms with Gasteiger partial charge in [0.1, 0.15) is 26.4 Å². The molecule has 4 aromatic heterocycles. The number of ether oxygens (including phenoxy) is 4. The van der Waals surface area contributed by atoms with Crippen molar-refractivity contribution >= 4 is 56.7 Å². The van der Waals surface area contributed by atoms with Crippen molar-refractivity contribution in [3.05, 3.63) is 93.7 Å². The third kappa shape index (κ3) is 5.76. The number of rotatable bonds is 5. The zero-order chi connectivity index (χ0) is 30.0. The van der Waals surface area contributed by atoms with Gasteiger partial charge in [0.15, 0.2) is 23.0 Å². The Morgan fingerprint density at radius 2 is 1.02 bits per heavy atom. The number of fused-ring (bicyclic) bond motifs is 2. The Kier molecular flexibility index (Phi) is 7.96. The second kappa shape index (κ2) is 12.3. The Balaban J connectivity index is 0.000000143. The zero-order valence-electron chi connectivity index (χ0n) is 23.0. The van der Waals surface area contributed by atoms with E-state index < -0.39 is 0 Å². The van der Waals surface area contributed by atoms with Crippen molar-refractivity contribution in [3.8, 4) is 63.4 Å². The summed E-state index contributed by atoms with van der Waals surface area (Å²) in [6.07, 6.45) is 0. The summed E-state index contributed by atoms with van der Waals surface area (Å²) >= 11 is 6.67. The van der Waals surface area contributed by atoms with E-state index in [1.807, 2.05) is 35.0 Å². The van der Waals surface area contributed by atoms with Crippen LogP contribution >= 0.6 is 45.3 Å². The average molecular weight is 661 g/mol. The number of thiophene rings is 4. The van der Waals surface area contributed by atoms with Crippen molar-refractivity contribution in [2.45, 2.75) is 0 Å². The van der Waals surface area contributed by atoms with Crippen LogP contribution in [0.3, 0.4) is 0 Å². The second-order valence-corrected chi connectivity index (χ2v) is 13.6. The molecule has 2 aliphatic rings. The molecule has 0 aliphatic carbocycles. The minimum atomic E-state index is -0.390. The number of benzene rings is 2. The van der Waals surface area contributed by atoms with Crippen molar-refractivity contribution < 1.29 is 23.9 Å². The second-order valence-electron chi connectivity index (χ2n) is 9.66. The first-order chi connectivity index (χ1) is 21.5. The maximum absolute atomic E-state index is 10.7. The fourth-order valence-corrected chi connectivity index (χ4v) is 8.83. The van der Waals surface area contributed by atoms with Crippen molar-refractivity contribution in [1.29, 1.82) is 0 Å². The molecule has 44 heavy (non-hydrogen) atoms. The maximum atomic E-state index is 10.7. The monoisotopic (exact) mass is 660 g/mol. The van der Waals surface area contributed by atoms with Gasteiger partial charge in [0.05, 0.1) is 14.7 Å². The first kappa shape index (κ1) is 28.4. The van der Waals surface area contributed by atoms with Gasteiger partial charge in [-0.2, -0.15) is 0 Å². The molecule has 0 fully saturated rings. The Hall–Kier alpha value is -4.36. The SMILES string of the molecule is Nc1ccc(-c2ccc(-c3scc4c3OCCO4)s2)cc1.O=[N+]([O-])c1ccc(-c2ccc(-c3scc4c3OCCO4)s2)cc1. The lowest BCUT2D eigenvalue weighted by Crippen LogP contribution is -2.14. The highest BCUT2D eigenvalue weighted by atomic mass is 32.1. The van der Waals surface area contributed by atoms with E-state index in [1.165, 1.54) is 27.5 Å². The molecule has 0 spiro atoms. The van der Waals surface area contributed by atoms with Crippen LogP contribution in [0.2, 0.25) is 0 Å². The van der Waals surface area contributed by atoms with Gasteiger partial charge < -0.3 is 24.7 Å². The number of nitrogens with two attached hydrogens (primary N) is 1. The highest BCUT2D eigenvalue weighted by Gasteiger charge is 2.22. The van der Waals surface area contributed by atoms with Crippen LogP contribution in [-0.4, -0.2) is 31.4 Å². The number of anilines is 1. The fourth-order valence-electron chi connectivity index (χ4n) is 4.69. The minimum absolute atomic E-state index is 0.100. The lowest BCUT2D eigenvalue weighted by Gasteiger charge is -2.15. The molecule has 2 aliphatic heterocycles. The van der Waals surface area contributed by atoms with Gasteiger partial charge in [-0.05, 0) is 59.7 Å². The van der Waals surface area contributed by atoms with Crippen LogP contribution in [0.25, 0.3) is 40.4 Å². The molecule has 0 saturated heterocycles. The summed E-state index contributed by atoms with van der Waals surface area (Å²) in [6.45, 7) is 2.40. The van der Waals surface area contributed by atoms with Gasteiger partial charge in [0, 0.05) is 48.1 Å². The average Bonchev–Trinajstić information content (AvgIpc) is 3.87. The zero-order valence-corrected chi connectivity index (χ0v) is 26.3. The molecule has 222 valence electrons. The largest absolute Gasteiger partial charge is 0.485 e. The number of nitrogens with zero attached hydrogens (tertiary/aromatic N) is 1. The summed E-state index contributed by atoms with van der Waals surface area (Å²) in [6, 6.07) is 22.9. The van der Waals surface area contributed by atoms with Crippen LogP contribution in [0.15, 0.2) is 83.6 Å². The Morgan fingerprint density at radius 1 is 0.591 bits per heavy atom. The fraction of sp³-hybridized carbons (Fsp3) is 0.125. The quantitative estimate of drug-likeness (QED) is 0.112. The van der Waals surface area contributed by atoms with Crippen molar-refractivity contribution in [2.75, 3.05) is 32.2 Å². The molecule has 0 amide bonds. The molecule has 2 N–H and O–H groups in total. The predicted molar refractivity (Wildman–Crippen MR) is 179 cm³/mol. The van der Waals surface area contributed by atoms with Gasteiger partial charge in [-0.15, -0.1) is 45.3 Å². The van der Waals surface area contributed by atoms with E-state index in [2.05, 4.69) is 24.3 Å². The van der Waals surface area contributed by atoms with Gasteiger partial charge in [-0.3, -0.25) is 10.1 Å². The molecule has 0 radical (unpaired) electrons. The molecule has 6 aromatic rings. The molecular formula is C32H24N2O6S4. The van der Waals surface area contributed by atoms with E-state index in [-0.39, 0.29) is 10.6 Å². The normalized spacial score (nSPS) is 13.2. The van der Waals surface area contributed by atoms with Gasteiger partial charge in [0.2, 0.25) is 0 Å². The van der Waals surface area contributed by atoms with Crippen LogP contribution in [-0.2, 0) is 0 Å². The Morgan fingerprint density at radius 3 is 1.50 bits per heavy atom. The third-order valence-corrected chi connectivity index (χ3v) is 11.3. The van der Waals surface area contributed by atoms with Gasteiger partial charge in [-0.1, -0.05) is 12.1 Å². The van der Waals surface area contributed by atoms with Crippen molar-refractivity contribution in [2.24, 2.45) is 0 Å². The van der Waals surface area contributed by atoms with E-state index in [0.717, 1.165) is 53.8 Å². The predicted octanol–water partition coefficient (Wildman–Crippen LogP) is 9.32. The molecule has 6 heterocycles. The summed E-state index contributed by atoms with van der Waals surface area (Å²) in [5.41, 5.74) is 8.77. The van der Waals surface area contributed by atoms with E-state index in [1.54, 1.807) is 57.5 Å². The summed E-state index contributed by atoms with van der Waals surface area (Å²) in [5.74, 6) is 3.38. The summed E-state index contributed by atoms with van der Waals surface area (Å²) in [4.78, 5) is 17.2. The minimum Gasteiger partial charge on any atom is -0.485 e. The Bertz CT molecular complexity index is 1920. The molecule has 8 nitrogen and oxygen atoms in total. The number of nitrogen functional groups attached to an aromatic ring is 1. The molecule has 2 aromatic carbocycles. The maximum Gasteiger partial charge on any atom is 0.269 e. The van der Waals surface area contributed by atoms with E-state index in [9.17, 15) is 10.1 Å². The van der Waals surface area contributed by atoms with Crippen LogP contribution in [0, 0.1) is 10.1 Å². The standard InChI is InChI=1S/C16H11NO4S2.C16H13NO2S2/c18-17(19)11-3-1-10(2-4-11)13-5-6-14(23-13)16-15-12(9-22-16)20-7-8-21-15;17-11-3-1-10(2-4-11)13-5-6-14(21-13)16-15-12(9-20-16)18-7-8-19-15/h1-6,9H,7-8H2;1-6,9H,7-8,17H2. The molecule has 0 atom stereocenters. The number of nitro benzene ring substituents is 1. The molecule has 0 saturated carbocycles. The highest BCUT2D eigenvalue weighted by molar-refractivity contribution is 7.24. The first-order valence-electron chi connectivity index (χ1n) is 13.6. The topological polar surface area (TPSA) is 106 Å². The van der Waals surface area contributed by atoms with E-state index in [4.69, 9.17) is 24.7 Å². The van der Waals surface area contributed by atoms with E-state index >= 15 is 0 Å².